The minimum Gasteiger partial charge on any atom is -0.444 e. The van der Waals surface area contributed by atoms with Crippen molar-refractivity contribution < 1.29 is 14.6 Å². The van der Waals surface area contributed by atoms with Gasteiger partial charge in [-0.05, 0) is 70.7 Å². The molecule has 1 unspecified atom stereocenters. The second-order valence-electron chi connectivity index (χ2n) is 8.09. The van der Waals surface area contributed by atoms with E-state index in [9.17, 15) is 9.90 Å². The van der Waals surface area contributed by atoms with Crippen LogP contribution in [0.15, 0.2) is 24.3 Å². The quantitative estimate of drug-likeness (QED) is 0.809. The molecule has 0 aromatic heterocycles. The number of nitrogens with two attached hydrogens (primary N) is 1. The number of nitrogens with zero attached hydrogens (tertiary/aromatic N) is 1. The number of carbonyl (C=O) groups excluding carboxylic acids is 1. The smallest absolute Gasteiger partial charge is 0.410 e. The van der Waals surface area contributed by atoms with E-state index in [4.69, 9.17) is 22.1 Å². The van der Waals surface area contributed by atoms with Gasteiger partial charge in [0, 0.05) is 24.0 Å². The monoisotopic (exact) mass is 382 g/mol. The van der Waals surface area contributed by atoms with E-state index in [0.717, 1.165) is 18.4 Å². The maximum absolute atomic E-state index is 12.5. The maximum atomic E-state index is 12.5. The Morgan fingerprint density at radius 3 is 2.77 bits per heavy atom. The molecule has 1 aliphatic rings. The molecule has 6 heteroatoms. The van der Waals surface area contributed by atoms with Gasteiger partial charge in [-0.25, -0.2) is 4.79 Å². The highest BCUT2D eigenvalue weighted by Crippen LogP contribution is 2.40. The SMILES string of the molecule is CC(C)(C)OC(=O)N1CCCC([C@@](O)(CCCN)c2cccc(Cl)c2)C1. The summed E-state index contributed by atoms with van der Waals surface area (Å²) >= 11 is 6.16. The van der Waals surface area contributed by atoms with Crippen molar-refractivity contribution in [3.63, 3.8) is 0 Å². The van der Waals surface area contributed by atoms with Crippen LogP contribution in [0.5, 0.6) is 0 Å². The van der Waals surface area contributed by atoms with Gasteiger partial charge in [-0.3, -0.25) is 0 Å². The highest BCUT2D eigenvalue weighted by molar-refractivity contribution is 6.30. The summed E-state index contributed by atoms with van der Waals surface area (Å²) in [6.45, 7) is 7.18. The van der Waals surface area contributed by atoms with Crippen molar-refractivity contribution in [1.82, 2.24) is 4.90 Å². The first kappa shape index (κ1) is 21.0. The molecule has 146 valence electrons. The van der Waals surface area contributed by atoms with Gasteiger partial charge in [-0.1, -0.05) is 23.7 Å². The molecule has 0 spiro atoms. The number of amides is 1. The topological polar surface area (TPSA) is 75.8 Å². The number of carbonyl (C=O) groups is 1. The average Bonchev–Trinajstić information content (AvgIpc) is 2.58. The summed E-state index contributed by atoms with van der Waals surface area (Å²) in [5, 5.41) is 12.2. The summed E-state index contributed by atoms with van der Waals surface area (Å²) in [7, 11) is 0. The number of benzene rings is 1. The molecule has 0 bridgehead atoms. The van der Waals surface area contributed by atoms with Gasteiger partial charge in [0.25, 0.3) is 0 Å². The van der Waals surface area contributed by atoms with Crippen LogP contribution in [0.3, 0.4) is 0 Å². The first-order valence-corrected chi connectivity index (χ1v) is 9.70. The Balaban J connectivity index is 2.23. The van der Waals surface area contributed by atoms with E-state index in [2.05, 4.69) is 0 Å². The number of hydrogen-bond donors (Lipinski definition) is 2. The van der Waals surface area contributed by atoms with Gasteiger partial charge < -0.3 is 20.5 Å². The third-order valence-electron chi connectivity index (χ3n) is 4.84. The van der Waals surface area contributed by atoms with E-state index in [1.54, 1.807) is 11.0 Å². The van der Waals surface area contributed by atoms with Crippen LogP contribution in [0.2, 0.25) is 5.02 Å². The van der Waals surface area contributed by atoms with Crippen molar-refractivity contribution >= 4 is 17.7 Å². The summed E-state index contributed by atoms with van der Waals surface area (Å²) in [6, 6.07) is 7.35. The molecule has 2 atom stereocenters. The number of aliphatic hydroxyl groups is 1. The van der Waals surface area contributed by atoms with Crippen LogP contribution in [-0.2, 0) is 10.3 Å². The second kappa shape index (κ2) is 8.59. The normalized spacial score (nSPS) is 20.5. The highest BCUT2D eigenvalue weighted by atomic mass is 35.5. The lowest BCUT2D eigenvalue weighted by Gasteiger charge is -2.43. The minimum atomic E-state index is -1.06. The molecule has 2 rings (SSSR count). The number of hydrogen-bond acceptors (Lipinski definition) is 4. The third kappa shape index (κ3) is 5.35. The summed E-state index contributed by atoms with van der Waals surface area (Å²) < 4.78 is 5.51. The Morgan fingerprint density at radius 1 is 1.42 bits per heavy atom. The van der Waals surface area contributed by atoms with E-state index in [-0.39, 0.29) is 12.0 Å². The molecule has 1 heterocycles. The van der Waals surface area contributed by atoms with Gasteiger partial charge in [0.1, 0.15) is 5.60 Å². The Labute approximate surface area is 161 Å². The Kier molecular flexibility index (Phi) is 6.94. The second-order valence-corrected chi connectivity index (χ2v) is 8.53. The lowest BCUT2D eigenvalue weighted by atomic mass is 9.74. The molecule has 1 saturated heterocycles. The number of halogens is 1. The molecule has 0 saturated carbocycles. The molecule has 0 aliphatic carbocycles. The zero-order valence-corrected chi connectivity index (χ0v) is 16.8. The number of likely N-dealkylation sites (tertiary alicyclic amines) is 1. The Hall–Kier alpha value is -1.30. The van der Waals surface area contributed by atoms with Crippen LogP contribution >= 0.6 is 11.6 Å². The molecule has 0 radical (unpaired) electrons. The molecule has 1 aliphatic heterocycles. The van der Waals surface area contributed by atoms with Crippen LogP contribution in [0, 0.1) is 5.92 Å². The van der Waals surface area contributed by atoms with E-state index in [1.165, 1.54) is 0 Å². The van der Waals surface area contributed by atoms with Crippen molar-refractivity contribution in [2.45, 2.75) is 57.7 Å². The van der Waals surface area contributed by atoms with Gasteiger partial charge in [-0.2, -0.15) is 0 Å². The maximum Gasteiger partial charge on any atom is 0.410 e. The van der Waals surface area contributed by atoms with Crippen LogP contribution < -0.4 is 5.73 Å². The summed E-state index contributed by atoms with van der Waals surface area (Å²) in [4.78, 5) is 14.2. The number of rotatable bonds is 5. The van der Waals surface area contributed by atoms with Gasteiger partial charge in [0.2, 0.25) is 0 Å². The predicted octanol–water partition coefficient (Wildman–Crippen LogP) is 3.91. The van der Waals surface area contributed by atoms with Crippen LogP contribution in [0.25, 0.3) is 0 Å². The van der Waals surface area contributed by atoms with Gasteiger partial charge in [0.05, 0.1) is 5.60 Å². The molecule has 26 heavy (non-hydrogen) atoms. The zero-order chi connectivity index (χ0) is 19.4. The summed E-state index contributed by atoms with van der Waals surface area (Å²) in [6.07, 6.45) is 2.58. The first-order chi connectivity index (χ1) is 12.2. The van der Waals surface area contributed by atoms with Crippen LogP contribution in [0.4, 0.5) is 4.79 Å². The average molecular weight is 383 g/mol. The first-order valence-electron chi connectivity index (χ1n) is 9.32. The van der Waals surface area contributed by atoms with E-state index in [1.807, 2.05) is 39.0 Å². The van der Waals surface area contributed by atoms with Crippen molar-refractivity contribution in [2.75, 3.05) is 19.6 Å². The van der Waals surface area contributed by atoms with Gasteiger partial charge in [-0.15, -0.1) is 0 Å². The van der Waals surface area contributed by atoms with Gasteiger partial charge in [0.15, 0.2) is 0 Å². The van der Waals surface area contributed by atoms with E-state index < -0.39 is 11.2 Å². The molecule has 1 amide bonds. The van der Waals surface area contributed by atoms with Crippen molar-refractivity contribution in [2.24, 2.45) is 11.7 Å². The highest BCUT2D eigenvalue weighted by Gasteiger charge is 2.41. The van der Waals surface area contributed by atoms with Crippen LogP contribution in [0.1, 0.15) is 52.0 Å². The molecule has 3 N–H and O–H groups in total. The minimum absolute atomic E-state index is 0.0891. The van der Waals surface area contributed by atoms with Crippen molar-refractivity contribution in [3.05, 3.63) is 34.9 Å². The molecule has 1 fully saturated rings. The van der Waals surface area contributed by atoms with E-state index >= 15 is 0 Å². The number of ether oxygens (including phenoxy) is 1. The Morgan fingerprint density at radius 2 is 2.15 bits per heavy atom. The van der Waals surface area contributed by atoms with Crippen molar-refractivity contribution in [1.29, 1.82) is 0 Å². The summed E-state index contributed by atoms with van der Waals surface area (Å²) in [5.74, 6) is -0.0891. The lowest BCUT2D eigenvalue weighted by Crippen LogP contribution is -2.49. The lowest BCUT2D eigenvalue weighted by molar-refractivity contribution is -0.0630. The predicted molar refractivity (Wildman–Crippen MR) is 104 cm³/mol. The summed E-state index contributed by atoms with van der Waals surface area (Å²) in [5.41, 5.74) is 4.88. The Bertz CT molecular complexity index is 617. The molecule has 1 aromatic carbocycles. The van der Waals surface area contributed by atoms with Crippen molar-refractivity contribution in [3.8, 4) is 0 Å². The molecule has 5 nitrogen and oxygen atoms in total. The standard InChI is InChI=1S/C20H31ClN2O3/c1-19(2,3)26-18(24)23-12-5-8-16(14-23)20(25,10-6-11-22)15-7-4-9-17(21)13-15/h4,7,9,13,16,25H,5-6,8,10-12,14,22H2,1-3H3/t16?,20-/m1/s1. The van der Waals surface area contributed by atoms with Gasteiger partial charge >= 0.3 is 6.09 Å². The molecular weight excluding hydrogens is 352 g/mol. The number of piperidine rings is 1. The van der Waals surface area contributed by atoms with E-state index in [0.29, 0.717) is 37.5 Å². The largest absolute Gasteiger partial charge is 0.444 e. The third-order valence-corrected chi connectivity index (χ3v) is 5.07. The fourth-order valence-corrected chi connectivity index (χ4v) is 3.76. The zero-order valence-electron chi connectivity index (χ0n) is 16.0. The molecule has 1 aromatic rings. The fraction of sp³-hybridized carbons (Fsp3) is 0.650. The molecular formula is C20H31ClN2O3. The van der Waals surface area contributed by atoms with Crippen LogP contribution in [-0.4, -0.2) is 41.3 Å². The fourth-order valence-electron chi connectivity index (χ4n) is 3.57.